The van der Waals surface area contributed by atoms with Crippen molar-refractivity contribution >= 4 is 21.6 Å². The number of halogens is 1. The summed E-state index contributed by atoms with van der Waals surface area (Å²) in [4.78, 5) is 4.11. The number of rotatable bonds is 3. The maximum atomic E-state index is 4.11. The van der Waals surface area contributed by atoms with E-state index in [4.69, 9.17) is 0 Å². The molecule has 0 saturated heterocycles. The summed E-state index contributed by atoms with van der Waals surface area (Å²) in [6.07, 6.45) is 3.64. The Kier molecular flexibility index (Phi) is 4.14. The van der Waals surface area contributed by atoms with Gasteiger partial charge in [0.15, 0.2) is 0 Å². The molecule has 15 heavy (non-hydrogen) atoms. The van der Waals surface area contributed by atoms with Crippen LogP contribution in [0, 0.1) is 11.3 Å². The molecule has 1 aromatic heterocycles. The van der Waals surface area contributed by atoms with Crippen LogP contribution in [0.3, 0.4) is 0 Å². The predicted molar refractivity (Wildman–Crippen MR) is 69.0 cm³/mol. The van der Waals surface area contributed by atoms with Gasteiger partial charge in [-0.2, -0.15) is 0 Å². The van der Waals surface area contributed by atoms with E-state index in [0.717, 1.165) is 16.7 Å². The summed E-state index contributed by atoms with van der Waals surface area (Å²) in [5.74, 6) is 0.622. The molecular formula is C12H19BrN2. The molecule has 0 spiro atoms. The first-order chi connectivity index (χ1) is 6.89. The van der Waals surface area contributed by atoms with E-state index in [1.54, 1.807) is 6.20 Å². The highest BCUT2D eigenvalue weighted by atomic mass is 79.9. The van der Waals surface area contributed by atoms with Crippen molar-refractivity contribution in [2.75, 3.05) is 11.9 Å². The summed E-state index contributed by atoms with van der Waals surface area (Å²) in [6, 6.07) is 2.04. The molecule has 1 N–H and O–H groups in total. The van der Waals surface area contributed by atoms with E-state index in [-0.39, 0.29) is 0 Å². The lowest BCUT2D eigenvalue weighted by molar-refractivity contribution is 0.274. The zero-order valence-electron chi connectivity index (χ0n) is 9.84. The van der Waals surface area contributed by atoms with Crippen LogP contribution in [0.1, 0.15) is 27.7 Å². The Labute approximate surface area is 101 Å². The topological polar surface area (TPSA) is 24.9 Å². The average Bonchev–Trinajstić information content (AvgIpc) is 2.12. The first-order valence-corrected chi connectivity index (χ1v) is 6.03. The van der Waals surface area contributed by atoms with Gasteiger partial charge in [-0.3, -0.25) is 4.98 Å². The van der Waals surface area contributed by atoms with Crippen molar-refractivity contribution in [1.82, 2.24) is 4.98 Å². The van der Waals surface area contributed by atoms with Gasteiger partial charge in [-0.1, -0.05) is 27.7 Å². The highest BCUT2D eigenvalue weighted by Crippen LogP contribution is 2.25. The fraction of sp³-hybridized carbons (Fsp3) is 0.583. The molecule has 0 amide bonds. The van der Waals surface area contributed by atoms with Crippen molar-refractivity contribution in [2.24, 2.45) is 11.3 Å². The van der Waals surface area contributed by atoms with Gasteiger partial charge >= 0.3 is 0 Å². The monoisotopic (exact) mass is 270 g/mol. The lowest BCUT2D eigenvalue weighted by Gasteiger charge is -2.27. The number of hydrogen-bond acceptors (Lipinski definition) is 2. The van der Waals surface area contributed by atoms with Crippen LogP contribution < -0.4 is 5.32 Å². The lowest BCUT2D eigenvalue weighted by Crippen LogP contribution is -2.24. The molecular weight excluding hydrogens is 252 g/mol. The smallest absolute Gasteiger partial charge is 0.0538 e. The van der Waals surface area contributed by atoms with Gasteiger partial charge in [0.2, 0.25) is 0 Å². The summed E-state index contributed by atoms with van der Waals surface area (Å²) >= 11 is 3.41. The maximum absolute atomic E-state index is 4.11. The Morgan fingerprint density at radius 1 is 1.40 bits per heavy atom. The van der Waals surface area contributed by atoms with Crippen LogP contribution in [0.25, 0.3) is 0 Å². The summed E-state index contributed by atoms with van der Waals surface area (Å²) in [5.41, 5.74) is 1.41. The van der Waals surface area contributed by atoms with Gasteiger partial charge in [0.25, 0.3) is 0 Å². The summed E-state index contributed by atoms with van der Waals surface area (Å²) in [5, 5.41) is 3.40. The fourth-order valence-corrected chi connectivity index (χ4v) is 1.45. The quantitative estimate of drug-likeness (QED) is 0.900. The molecule has 0 aliphatic carbocycles. The third-order valence-corrected chi connectivity index (χ3v) is 3.23. The molecule has 0 bridgehead atoms. The highest BCUT2D eigenvalue weighted by molar-refractivity contribution is 9.10. The first kappa shape index (κ1) is 12.5. The van der Waals surface area contributed by atoms with Crippen LogP contribution in [0.2, 0.25) is 0 Å². The summed E-state index contributed by atoms with van der Waals surface area (Å²) in [7, 11) is 0. The second-order valence-electron chi connectivity index (χ2n) is 5.04. The molecule has 1 rings (SSSR count). The summed E-state index contributed by atoms with van der Waals surface area (Å²) in [6.45, 7) is 10.0. The van der Waals surface area contributed by atoms with Crippen molar-refractivity contribution in [1.29, 1.82) is 0 Å². The minimum atomic E-state index is 0.340. The van der Waals surface area contributed by atoms with Crippen LogP contribution in [-0.4, -0.2) is 11.5 Å². The van der Waals surface area contributed by atoms with E-state index in [9.17, 15) is 0 Å². The van der Waals surface area contributed by atoms with Gasteiger partial charge in [0.1, 0.15) is 0 Å². The molecule has 1 unspecified atom stereocenters. The molecule has 0 aromatic carbocycles. The average molecular weight is 271 g/mol. The van der Waals surface area contributed by atoms with Gasteiger partial charge in [-0.15, -0.1) is 0 Å². The summed E-state index contributed by atoms with van der Waals surface area (Å²) < 4.78 is 1.01. The van der Waals surface area contributed by atoms with Crippen LogP contribution in [0.15, 0.2) is 22.9 Å². The van der Waals surface area contributed by atoms with E-state index in [1.165, 1.54) is 0 Å². The molecule has 0 saturated carbocycles. The van der Waals surface area contributed by atoms with Gasteiger partial charge in [-0.25, -0.2) is 0 Å². The van der Waals surface area contributed by atoms with E-state index in [0.29, 0.717) is 11.3 Å². The number of nitrogens with zero attached hydrogens (tertiary/aromatic N) is 1. The lowest BCUT2D eigenvalue weighted by atomic mass is 9.82. The Hall–Kier alpha value is -0.570. The number of pyridine rings is 1. The maximum Gasteiger partial charge on any atom is 0.0538 e. The van der Waals surface area contributed by atoms with Gasteiger partial charge in [0, 0.05) is 17.2 Å². The molecule has 0 aliphatic rings. The molecule has 3 heteroatoms. The van der Waals surface area contributed by atoms with Crippen LogP contribution in [0.4, 0.5) is 5.69 Å². The van der Waals surface area contributed by atoms with Gasteiger partial charge < -0.3 is 5.32 Å². The minimum absolute atomic E-state index is 0.340. The second kappa shape index (κ2) is 4.97. The standard InChI is InChI=1S/C12H19BrN2/c1-9(12(2,3)4)6-15-11-5-10(13)7-14-8-11/h5,7-9,15H,6H2,1-4H3. The van der Waals surface area contributed by atoms with Crippen molar-refractivity contribution in [3.8, 4) is 0 Å². The SMILES string of the molecule is CC(CNc1cncc(Br)c1)C(C)(C)C. The molecule has 0 fully saturated rings. The van der Waals surface area contributed by atoms with Crippen LogP contribution in [0.5, 0.6) is 0 Å². The minimum Gasteiger partial charge on any atom is -0.383 e. The van der Waals surface area contributed by atoms with Crippen molar-refractivity contribution in [3.05, 3.63) is 22.9 Å². The molecule has 1 aromatic rings. The van der Waals surface area contributed by atoms with E-state index in [2.05, 4.69) is 53.9 Å². The molecule has 0 aliphatic heterocycles. The molecule has 0 radical (unpaired) electrons. The van der Waals surface area contributed by atoms with Crippen molar-refractivity contribution in [3.63, 3.8) is 0 Å². The van der Waals surface area contributed by atoms with Crippen molar-refractivity contribution < 1.29 is 0 Å². The number of hydrogen-bond donors (Lipinski definition) is 1. The predicted octanol–water partition coefficient (Wildman–Crippen LogP) is 3.94. The van der Waals surface area contributed by atoms with Crippen molar-refractivity contribution in [2.45, 2.75) is 27.7 Å². The number of aromatic nitrogens is 1. The first-order valence-electron chi connectivity index (χ1n) is 5.24. The Bertz CT molecular complexity index is 318. The number of anilines is 1. The van der Waals surface area contributed by atoms with E-state index < -0.39 is 0 Å². The third kappa shape index (κ3) is 4.20. The number of nitrogens with one attached hydrogen (secondary N) is 1. The third-order valence-electron chi connectivity index (χ3n) is 2.80. The van der Waals surface area contributed by atoms with Gasteiger partial charge in [0.05, 0.1) is 11.9 Å². The van der Waals surface area contributed by atoms with E-state index >= 15 is 0 Å². The Morgan fingerprint density at radius 2 is 2.07 bits per heavy atom. The van der Waals surface area contributed by atoms with E-state index in [1.807, 2.05) is 12.3 Å². The molecule has 84 valence electrons. The Balaban J connectivity index is 2.51. The van der Waals surface area contributed by atoms with Crippen LogP contribution >= 0.6 is 15.9 Å². The van der Waals surface area contributed by atoms with Crippen LogP contribution in [-0.2, 0) is 0 Å². The molecule has 1 atom stereocenters. The second-order valence-corrected chi connectivity index (χ2v) is 5.96. The largest absolute Gasteiger partial charge is 0.383 e. The highest BCUT2D eigenvalue weighted by Gasteiger charge is 2.19. The zero-order valence-corrected chi connectivity index (χ0v) is 11.4. The fourth-order valence-electron chi connectivity index (χ4n) is 1.09. The molecule has 1 heterocycles. The normalized spacial score (nSPS) is 13.7. The Morgan fingerprint density at radius 3 is 2.60 bits per heavy atom. The molecule has 2 nitrogen and oxygen atoms in total. The van der Waals surface area contributed by atoms with Gasteiger partial charge in [-0.05, 0) is 33.3 Å². The zero-order chi connectivity index (χ0) is 11.5.